The van der Waals surface area contributed by atoms with Crippen LogP contribution >= 0.6 is 0 Å². The van der Waals surface area contributed by atoms with E-state index in [-0.39, 0.29) is 51.4 Å². The first-order valence-electron chi connectivity index (χ1n) is 3.87. The summed E-state index contributed by atoms with van der Waals surface area (Å²) in [6, 6.07) is 0. The minimum atomic E-state index is -2.14. The molecule has 0 heterocycles. The summed E-state index contributed by atoms with van der Waals surface area (Å²) in [7, 11) is 0. The van der Waals surface area contributed by atoms with Gasteiger partial charge in [0.25, 0.3) is 0 Å². The van der Waals surface area contributed by atoms with Crippen molar-refractivity contribution in [2.24, 2.45) is 0 Å². The van der Waals surface area contributed by atoms with Crippen LogP contribution in [-0.2, 0) is 4.79 Å². The molecule has 6 nitrogen and oxygen atoms in total. The molecule has 0 radical (unpaired) electrons. The van der Waals surface area contributed by atoms with Crippen LogP contribution in [0.3, 0.4) is 0 Å². The van der Waals surface area contributed by atoms with Crippen molar-refractivity contribution < 1.29 is 30.3 Å². The van der Waals surface area contributed by atoms with Crippen LogP contribution in [0.4, 0.5) is 0 Å². The number of carbonyl (C=O) groups is 1. The molecule has 1 saturated carbocycles. The Balaban J connectivity index is 0.00000169. The van der Waals surface area contributed by atoms with Gasteiger partial charge in [-0.2, -0.15) is 0 Å². The van der Waals surface area contributed by atoms with E-state index < -0.39 is 42.7 Å². The predicted octanol–water partition coefficient (Wildman–Crippen LogP) is -2.97. The number of carboxylic acid groups (broad SMARTS) is 1. The van der Waals surface area contributed by atoms with Gasteiger partial charge in [-0.05, 0) is 0 Å². The number of hydrogen-bond acceptors (Lipinski definition) is 5. The Morgan fingerprint density at radius 3 is 1.79 bits per heavy atom. The summed E-state index contributed by atoms with van der Waals surface area (Å²) in [5.74, 6) is -1.50. The van der Waals surface area contributed by atoms with Gasteiger partial charge in [0, 0.05) is 12.8 Å². The minimum absolute atomic E-state index is 0. The number of aliphatic hydroxyl groups is 4. The van der Waals surface area contributed by atoms with Crippen LogP contribution in [0, 0.1) is 0 Å². The van der Waals surface area contributed by atoms with E-state index in [1.807, 2.05) is 0 Å². The first-order valence-corrected chi connectivity index (χ1v) is 3.87. The number of aliphatic hydroxyl groups excluding tert-OH is 3. The molecule has 0 bridgehead atoms. The van der Waals surface area contributed by atoms with E-state index in [0.717, 1.165) is 0 Å². The number of aliphatic carboxylic acids is 1. The molecule has 4 atom stereocenters. The Kier molecular flexibility index (Phi) is 5.69. The molecule has 0 aliphatic heterocycles. The zero-order chi connectivity index (χ0) is 10.2. The summed E-state index contributed by atoms with van der Waals surface area (Å²) in [6.07, 6.45) is -5.16. The van der Waals surface area contributed by atoms with Gasteiger partial charge in [-0.1, -0.05) is 0 Å². The van der Waals surface area contributed by atoms with Crippen LogP contribution in [0.25, 0.3) is 0 Å². The molecule has 1 fully saturated rings. The molecule has 0 amide bonds. The molecule has 0 aromatic rings. The maximum atomic E-state index is 10.5. The average Bonchev–Trinajstić information content (AvgIpc) is 2.00. The van der Waals surface area contributed by atoms with E-state index in [4.69, 9.17) is 20.4 Å². The third-order valence-corrected chi connectivity index (χ3v) is 2.28. The average molecular weight is 232 g/mol. The predicted molar refractivity (Wildman–Crippen MR) is 47.0 cm³/mol. The number of carboxylic acids is 1. The molecule has 1 unspecified atom stereocenters. The van der Waals surface area contributed by atoms with Gasteiger partial charge in [0.15, 0.2) is 5.60 Å². The van der Waals surface area contributed by atoms with Crippen LogP contribution in [0.15, 0.2) is 0 Å². The van der Waals surface area contributed by atoms with Gasteiger partial charge in [-0.25, -0.2) is 4.79 Å². The molecule has 78 valence electrons. The Morgan fingerprint density at radius 1 is 1.14 bits per heavy atom. The monoisotopic (exact) mass is 232 g/mol. The molecule has 1 aliphatic rings. The van der Waals surface area contributed by atoms with Gasteiger partial charge < -0.3 is 25.5 Å². The van der Waals surface area contributed by atoms with Crippen molar-refractivity contribution in [1.82, 2.24) is 0 Å². The summed E-state index contributed by atoms with van der Waals surface area (Å²) in [5.41, 5.74) is -2.14. The first-order chi connectivity index (χ1) is 5.87. The molecule has 1 rings (SSSR count). The molecule has 0 aromatic carbocycles. The first kappa shape index (κ1) is 14.9. The molecule has 14 heavy (non-hydrogen) atoms. The van der Waals surface area contributed by atoms with Crippen molar-refractivity contribution >= 4 is 57.4 Å². The summed E-state index contributed by atoms with van der Waals surface area (Å²) < 4.78 is 0. The van der Waals surface area contributed by atoms with Crippen LogP contribution < -0.4 is 0 Å². The fourth-order valence-corrected chi connectivity index (χ4v) is 1.45. The summed E-state index contributed by atoms with van der Waals surface area (Å²) >= 11 is 0. The zero-order valence-corrected chi connectivity index (χ0v) is 6.79. The van der Waals surface area contributed by atoms with Crippen molar-refractivity contribution in [2.75, 3.05) is 0 Å². The topological polar surface area (TPSA) is 118 Å². The molecule has 0 spiro atoms. The second kappa shape index (κ2) is 5.33. The van der Waals surface area contributed by atoms with E-state index in [1.165, 1.54) is 0 Å². The molecule has 0 saturated heterocycles. The number of rotatable bonds is 1. The quantitative estimate of drug-likeness (QED) is 0.308. The fraction of sp³-hybridized carbons (Fsp3) is 0.857. The normalized spacial score (nSPS) is 42.7. The van der Waals surface area contributed by atoms with Gasteiger partial charge in [-0.3, -0.25) is 0 Å². The standard InChI is InChI=1S/C7H12O6.K.H/c8-3-1-7(13,6(11)12)2-4(9)5(3)10;;/h3-5,8-10,13H,1-2H2,(H,11,12);;/t3-,4?,5-,7+;;/m1../s1. The van der Waals surface area contributed by atoms with Crippen LogP contribution in [-0.4, -0.2) is 107 Å². The molecule has 7 heteroatoms. The Bertz CT molecular complexity index is 208. The van der Waals surface area contributed by atoms with E-state index in [9.17, 15) is 9.90 Å². The van der Waals surface area contributed by atoms with E-state index >= 15 is 0 Å². The van der Waals surface area contributed by atoms with Gasteiger partial charge in [0.2, 0.25) is 0 Å². The second-order valence-electron chi connectivity index (χ2n) is 3.37. The SMILES string of the molecule is O=C(O)[C@@]1(O)CC(O)[C@H](O)[C@H](O)C1.[KH]. The van der Waals surface area contributed by atoms with Gasteiger partial charge >= 0.3 is 57.4 Å². The maximum absolute atomic E-state index is 10.5. The van der Waals surface area contributed by atoms with E-state index in [1.54, 1.807) is 0 Å². The Labute approximate surface area is 123 Å². The summed E-state index contributed by atoms with van der Waals surface area (Å²) in [5, 5.41) is 45.2. The van der Waals surface area contributed by atoms with Crippen molar-refractivity contribution in [3.05, 3.63) is 0 Å². The van der Waals surface area contributed by atoms with E-state index in [2.05, 4.69) is 0 Å². The van der Waals surface area contributed by atoms with Gasteiger partial charge in [-0.15, -0.1) is 0 Å². The van der Waals surface area contributed by atoms with Crippen molar-refractivity contribution in [1.29, 1.82) is 0 Å². The third-order valence-electron chi connectivity index (χ3n) is 2.28. The van der Waals surface area contributed by atoms with E-state index in [0.29, 0.717) is 0 Å². The zero-order valence-electron chi connectivity index (χ0n) is 6.79. The van der Waals surface area contributed by atoms with Crippen molar-refractivity contribution in [3.63, 3.8) is 0 Å². The molecule has 5 N–H and O–H groups in total. The van der Waals surface area contributed by atoms with Crippen molar-refractivity contribution in [2.45, 2.75) is 36.8 Å². The van der Waals surface area contributed by atoms with Gasteiger partial charge in [0.1, 0.15) is 6.10 Å². The fourth-order valence-electron chi connectivity index (χ4n) is 1.45. The molecular weight excluding hydrogens is 219 g/mol. The van der Waals surface area contributed by atoms with Gasteiger partial charge in [0.05, 0.1) is 12.2 Å². The van der Waals surface area contributed by atoms with Crippen LogP contribution in [0.1, 0.15) is 12.8 Å². The Morgan fingerprint density at radius 2 is 1.50 bits per heavy atom. The van der Waals surface area contributed by atoms with Crippen LogP contribution in [0.5, 0.6) is 0 Å². The van der Waals surface area contributed by atoms with Crippen molar-refractivity contribution in [3.8, 4) is 0 Å². The molecule has 1 aliphatic carbocycles. The summed E-state index contributed by atoms with van der Waals surface area (Å²) in [4.78, 5) is 10.5. The third kappa shape index (κ3) is 2.97. The second-order valence-corrected chi connectivity index (χ2v) is 3.37. The number of hydrogen-bond donors (Lipinski definition) is 5. The molecule has 0 aromatic heterocycles. The molecular formula is C7H13KO6. The van der Waals surface area contributed by atoms with Crippen LogP contribution in [0.2, 0.25) is 0 Å². The Hall–Kier alpha value is 0.946. The summed E-state index contributed by atoms with van der Waals surface area (Å²) in [6.45, 7) is 0.